The lowest BCUT2D eigenvalue weighted by molar-refractivity contribution is -0.116. The molecule has 0 radical (unpaired) electrons. The predicted octanol–water partition coefficient (Wildman–Crippen LogP) is 2.36. The number of carbonyl (C=O) groups is 1. The summed E-state index contributed by atoms with van der Waals surface area (Å²) < 4.78 is 33.5. The third-order valence-corrected chi connectivity index (χ3v) is 4.88. The van der Waals surface area contributed by atoms with Crippen molar-refractivity contribution in [3.8, 4) is 0 Å². The standard InChI is InChI=1S/C18H16N2O4S/c1-13(21)20-18-17(11-15-9-5-6-10-16(15)24-18)25(22,23)19-12-14-7-3-2-4-8-14/h2-11,19H,12H2,1H3. The maximum Gasteiger partial charge on any atom is 0.246 e. The van der Waals surface area contributed by atoms with Gasteiger partial charge in [0.05, 0.1) is 0 Å². The number of rotatable bonds is 4. The quantitative estimate of drug-likeness (QED) is 0.777. The van der Waals surface area contributed by atoms with Crippen molar-refractivity contribution in [1.29, 1.82) is 0 Å². The predicted molar refractivity (Wildman–Crippen MR) is 92.9 cm³/mol. The van der Waals surface area contributed by atoms with Gasteiger partial charge in [-0.25, -0.2) is 13.1 Å². The molecule has 3 rings (SSSR count). The molecule has 0 bridgehead atoms. The number of hydrogen-bond acceptors (Lipinski definition) is 4. The number of fused-ring (bicyclic) bond motifs is 1. The van der Waals surface area contributed by atoms with E-state index in [2.05, 4.69) is 9.71 Å². The van der Waals surface area contributed by atoms with Gasteiger partial charge in [0.2, 0.25) is 21.5 Å². The molecule has 0 spiro atoms. The van der Waals surface area contributed by atoms with Gasteiger partial charge in [-0.15, -0.1) is 0 Å². The van der Waals surface area contributed by atoms with Crippen LogP contribution in [0.4, 0.5) is 0 Å². The Morgan fingerprint density at radius 2 is 1.76 bits per heavy atom. The first-order valence-electron chi connectivity index (χ1n) is 7.57. The number of carbonyl (C=O) groups excluding carboxylic acids is 1. The first-order chi connectivity index (χ1) is 12.0. The Labute approximate surface area is 144 Å². The van der Waals surface area contributed by atoms with Gasteiger partial charge in [0.1, 0.15) is 10.5 Å². The molecule has 1 N–H and O–H groups in total. The Hall–Kier alpha value is -2.77. The second-order valence-corrected chi connectivity index (χ2v) is 7.13. The summed E-state index contributed by atoms with van der Waals surface area (Å²) in [5.74, 6) is -0.543. The van der Waals surface area contributed by atoms with Crippen LogP contribution in [0.5, 0.6) is 0 Å². The van der Waals surface area contributed by atoms with E-state index in [1.165, 1.54) is 13.0 Å². The number of nitrogens with zero attached hydrogens (tertiary/aromatic N) is 1. The first kappa shape index (κ1) is 17.1. The van der Waals surface area contributed by atoms with Gasteiger partial charge in [0.25, 0.3) is 0 Å². The molecule has 0 atom stereocenters. The molecule has 1 aromatic heterocycles. The summed E-state index contributed by atoms with van der Waals surface area (Å²) in [5.41, 5.74) is 1.03. The lowest BCUT2D eigenvalue weighted by atomic mass is 10.2. The van der Waals surface area contributed by atoms with Gasteiger partial charge >= 0.3 is 0 Å². The average Bonchev–Trinajstić information content (AvgIpc) is 2.60. The molecular formula is C18H16N2O4S. The number of sulfonamides is 1. The van der Waals surface area contributed by atoms with E-state index < -0.39 is 15.9 Å². The molecule has 0 aliphatic rings. The van der Waals surface area contributed by atoms with Crippen LogP contribution in [0.1, 0.15) is 12.5 Å². The summed E-state index contributed by atoms with van der Waals surface area (Å²) in [6.07, 6.45) is 0. The summed E-state index contributed by atoms with van der Waals surface area (Å²) in [6, 6.07) is 17.5. The number of hydrogen-bond donors (Lipinski definition) is 1. The molecule has 6 nitrogen and oxygen atoms in total. The summed E-state index contributed by atoms with van der Waals surface area (Å²) in [4.78, 5) is 14.9. The molecule has 0 saturated heterocycles. The van der Waals surface area contributed by atoms with Crippen molar-refractivity contribution in [2.75, 3.05) is 0 Å². The molecule has 25 heavy (non-hydrogen) atoms. The topological polar surface area (TPSA) is 88.7 Å². The molecule has 7 heteroatoms. The van der Waals surface area contributed by atoms with Crippen molar-refractivity contribution in [1.82, 2.24) is 4.72 Å². The van der Waals surface area contributed by atoms with Crippen molar-refractivity contribution >= 4 is 26.9 Å². The fraction of sp³-hybridized carbons (Fsp3) is 0.111. The molecule has 1 amide bonds. The summed E-state index contributed by atoms with van der Waals surface area (Å²) in [7, 11) is -3.92. The zero-order valence-electron chi connectivity index (χ0n) is 13.5. The van der Waals surface area contributed by atoms with Crippen molar-refractivity contribution in [3.63, 3.8) is 0 Å². The summed E-state index contributed by atoms with van der Waals surface area (Å²) in [5, 5.41) is 0.602. The normalized spacial score (nSPS) is 12.4. The van der Waals surface area contributed by atoms with E-state index in [4.69, 9.17) is 4.42 Å². The van der Waals surface area contributed by atoms with Crippen LogP contribution in [-0.4, -0.2) is 14.3 Å². The molecule has 128 valence electrons. The number of benzene rings is 2. The molecule has 0 saturated carbocycles. The maximum atomic E-state index is 12.7. The Morgan fingerprint density at radius 1 is 1.08 bits per heavy atom. The smallest absolute Gasteiger partial charge is 0.246 e. The van der Waals surface area contributed by atoms with E-state index in [1.54, 1.807) is 24.3 Å². The highest BCUT2D eigenvalue weighted by atomic mass is 32.2. The van der Waals surface area contributed by atoms with E-state index >= 15 is 0 Å². The summed E-state index contributed by atoms with van der Waals surface area (Å²) >= 11 is 0. The summed E-state index contributed by atoms with van der Waals surface area (Å²) in [6.45, 7) is 1.36. The molecule has 1 heterocycles. The second-order valence-electron chi connectivity index (χ2n) is 5.39. The van der Waals surface area contributed by atoms with E-state index in [1.807, 2.05) is 30.3 Å². The van der Waals surface area contributed by atoms with Crippen molar-refractivity contribution in [2.45, 2.75) is 18.4 Å². The van der Waals surface area contributed by atoms with Gasteiger partial charge < -0.3 is 4.42 Å². The van der Waals surface area contributed by atoms with Gasteiger partial charge in [0, 0.05) is 18.9 Å². The molecule has 0 fully saturated rings. The zero-order valence-corrected chi connectivity index (χ0v) is 14.3. The lowest BCUT2D eigenvalue weighted by Gasteiger charge is -2.08. The first-order valence-corrected chi connectivity index (χ1v) is 9.06. The minimum atomic E-state index is -3.92. The van der Waals surface area contributed by atoms with Crippen molar-refractivity contribution in [3.05, 3.63) is 71.8 Å². The van der Waals surface area contributed by atoms with Gasteiger partial charge in [-0.05, 0) is 17.7 Å². The minimum Gasteiger partial charge on any atom is -0.437 e. The second kappa shape index (κ2) is 7.00. The Balaban J connectivity index is 2.07. The zero-order chi connectivity index (χ0) is 17.9. The van der Waals surface area contributed by atoms with Gasteiger partial charge in [0.15, 0.2) is 0 Å². The van der Waals surface area contributed by atoms with E-state index in [-0.39, 0.29) is 17.0 Å². The molecular weight excluding hydrogens is 340 g/mol. The molecule has 0 aliphatic heterocycles. The van der Waals surface area contributed by atoms with Gasteiger partial charge in [-0.2, -0.15) is 4.99 Å². The number of para-hydroxylation sites is 1. The molecule has 3 aromatic rings. The number of amides is 1. The van der Waals surface area contributed by atoms with Crippen LogP contribution in [0, 0.1) is 0 Å². The third kappa shape index (κ3) is 4.01. The van der Waals surface area contributed by atoms with Crippen LogP contribution < -0.4 is 10.3 Å². The van der Waals surface area contributed by atoms with Crippen LogP contribution in [0.25, 0.3) is 11.0 Å². The maximum absolute atomic E-state index is 12.7. The van der Waals surface area contributed by atoms with E-state index in [0.29, 0.717) is 11.0 Å². The fourth-order valence-corrected chi connectivity index (χ4v) is 3.43. The molecule has 2 aromatic carbocycles. The van der Waals surface area contributed by atoms with Crippen molar-refractivity contribution < 1.29 is 17.6 Å². The van der Waals surface area contributed by atoms with Crippen LogP contribution in [0.3, 0.4) is 0 Å². The van der Waals surface area contributed by atoms with Crippen LogP contribution >= 0.6 is 0 Å². The fourth-order valence-electron chi connectivity index (χ4n) is 2.32. The highest BCUT2D eigenvalue weighted by molar-refractivity contribution is 7.89. The molecule has 0 aliphatic carbocycles. The van der Waals surface area contributed by atoms with Gasteiger partial charge in [-0.3, -0.25) is 4.79 Å². The van der Waals surface area contributed by atoms with E-state index in [0.717, 1.165) is 5.56 Å². The molecule has 0 unspecified atom stereocenters. The Kier molecular flexibility index (Phi) is 4.78. The highest BCUT2D eigenvalue weighted by Crippen LogP contribution is 2.16. The Bertz CT molecular complexity index is 1090. The van der Waals surface area contributed by atoms with Crippen molar-refractivity contribution in [2.24, 2.45) is 4.99 Å². The minimum absolute atomic E-state index is 0.121. The van der Waals surface area contributed by atoms with Crippen LogP contribution in [0.2, 0.25) is 0 Å². The van der Waals surface area contributed by atoms with Gasteiger partial charge in [-0.1, -0.05) is 48.5 Å². The number of nitrogens with one attached hydrogen (secondary N) is 1. The third-order valence-electron chi connectivity index (χ3n) is 3.48. The SMILES string of the molecule is CC(=O)N=c1oc2ccccc2cc1S(=O)(=O)NCc1ccccc1. The highest BCUT2D eigenvalue weighted by Gasteiger charge is 2.19. The average molecular weight is 356 g/mol. The van der Waals surface area contributed by atoms with E-state index in [9.17, 15) is 13.2 Å². The lowest BCUT2D eigenvalue weighted by Crippen LogP contribution is -2.28. The monoisotopic (exact) mass is 356 g/mol. The van der Waals surface area contributed by atoms with Crippen LogP contribution in [0.15, 0.2) is 75.0 Å². The largest absolute Gasteiger partial charge is 0.437 e. The Morgan fingerprint density at radius 3 is 2.48 bits per heavy atom. The van der Waals surface area contributed by atoms with Crippen LogP contribution in [-0.2, 0) is 21.4 Å².